The van der Waals surface area contributed by atoms with E-state index in [1.165, 1.54) is 4.80 Å². The number of benzene rings is 1. The Labute approximate surface area is 164 Å². The zero-order chi connectivity index (χ0) is 19.9. The van der Waals surface area contributed by atoms with Gasteiger partial charge in [0.15, 0.2) is 0 Å². The van der Waals surface area contributed by atoms with Gasteiger partial charge < -0.3 is 20.9 Å². The summed E-state index contributed by atoms with van der Waals surface area (Å²) in [6, 6.07) is 6.38. The Kier molecular flexibility index (Phi) is 6.72. The normalized spacial score (nSPS) is 16.0. The van der Waals surface area contributed by atoms with Crippen LogP contribution in [-0.4, -0.2) is 82.4 Å². The number of aromatic nitrogens is 3. The molecule has 28 heavy (non-hydrogen) atoms. The van der Waals surface area contributed by atoms with Crippen LogP contribution in [0.5, 0.6) is 0 Å². The molecule has 9 nitrogen and oxygen atoms in total. The molecule has 0 aliphatic carbocycles. The van der Waals surface area contributed by atoms with Crippen molar-refractivity contribution in [2.75, 3.05) is 39.8 Å². The van der Waals surface area contributed by atoms with Gasteiger partial charge >= 0.3 is 0 Å². The van der Waals surface area contributed by atoms with Crippen molar-refractivity contribution in [2.45, 2.75) is 18.9 Å². The minimum absolute atomic E-state index is 0.0349. The number of likely N-dealkylation sites (N-methyl/N-ethyl adjacent to an activating group) is 1. The van der Waals surface area contributed by atoms with Crippen molar-refractivity contribution in [1.82, 2.24) is 30.1 Å². The molecule has 1 saturated heterocycles. The number of hydrogen-bond donors (Lipinski definition) is 2. The summed E-state index contributed by atoms with van der Waals surface area (Å²) in [7, 11) is 2.04. The number of carbonyl (C=O) groups excluding carboxylic acids is 2. The van der Waals surface area contributed by atoms with E-state index in [4.69, 9.17) is 5.73 Å². The molecule has 1 aliphatic rings. The Balaban J connectivity index is 1.66. The molecule has 0 radical (unpaired) electrons. The Bertz CT molecular complexity index is 768. The van der Waals surface area contributed by atoms with Crippen LogP contribution in [-0.2, 0) is 4.79 Å². The fraction of sp³-hybridized carbons (Fsp3) is 0.474. The van der Waals surface area contributed by atoms with Gasteiger partial charge in [-0.15, -0.1) is 0 Å². The van der Waals surface area contributed by atoms with Gasteiger partial charge in [0.1, 0.15) is 6.04 Å². The second-order valence-electron chi connectivity index (χ2n) is 6.95. The third-order valence-corrected chi connectivity index (χ3v) is 4.89. The fourth-order valence-electron chi connectivity index (χ4n) is 3.16. The van der Waals surface area contributed by atoms with E-state index in [0.717, 1.165) is 18.8 Å². The van der Waals surface area contributed by atoms with Crippen molar-refractivity contribution >= 4 is 11.8 Å². The van der Waals surface area contributed by atoms with Crippen molar-refractivity contribution in [2.24, 2.45) is 5.73 Å². The zero-order valence-corrected chi connectivity index (χ0v) is 16.1. The Hall–Kier alpha value is -2.78. The van der Waals surface area contributed by atoms with E-state index >= 15 is 0 Å². The molecule has 0 spiro atoms. The number of piperazine rings is 1. The largest absolute Gasteiger partial charge is 0.340 e. The van der Waals surface area contributed by atoms with Gasteiger partial charge in [0.05, 0.1) is 18.1 Å². The van der Waals surface area contributed by atoms with Crippen molar-refractivity contribution < 1.29 is 9.59 Å². The van der Waals surface area contributed by atoms with Crippen LogP contribution in [0.3, 0.4) is 0 Å². The van der Waals surface area contributed by atoms with Gasteiger partial charge in [0, 0.05) is 31.7 Å². The molecule has 3 N–H and O–H groups in total. The van der Waals surface area contributed by atoms with Gasteiger partial charge in [-0.1, -0.05) is 0 Å². The summed E-state index contributed by atoms with van der Waals surface area (Å²) in [6.45, 7) is 3.51. The molecule has 1 atom stereocenters. The molecule has 2 heterocycles. The quantitative estimate of drug-likeness (QED) is 0.688. The molecule has 0 saturated carbocycles. The first-order valence-corrected chi connectivity index (χ1v) is 9.53. The number of carbonyl (C=O) groups is 2. The van der Waals surface area contributed by atoms with Crippen LogP contribution in [0.1, 0.15) is 23.2 Å². The van der Waals surface area contributed by atoms with E-state index in [1.807, 2.05) is 11.9 Å². The third-order valence-electron chi connectivity index (χ3n) is 4.89. The van der Waals surface area contributed by atoms with Crippen molar-refractivity contribution in [3.05, 3.63) is 42.2 Å². The fourth-order valence-corrected chi connectivity index (χ4v) is 3.16. The van der Waals surface area contributed by atoms with E-state index in [0.29, 0.717) is 38.0 Å². The highest BCUT2D eigenvalue weighted by atomic mass is 16.2. The van der Waals surface area contributed by atoms with Gasteiger partial charge in [-0.25, -0.2) is 0 Å². The summed E-state index contributed by atoms with van der Waals surface area (Å²) in [5.41, 5.74) is 6.87. The average molecular weight is 385 g/mol. The maximum atomic E-state index is 12.9. The Morgan fingerprint density at radius 3 is 2.36 bits per heavy atom. The lowest BCUT2D eigenvalue weighted by Gasteiger charge is -2.34. The summed E-state index contributed by atoms with van der Waals surface area (Å²) in [5, 5.41) is 11.0. The number of hydrogen-bond acceptors (Lipinski definition) is 6. The predicted octanol–water partition coefficient (Wildman–Crippen LogP) is -0.121. The highest BCUT2D eigenvalue weighted by Gasteiger charge is 2.27. The van der Waals surface area contributed by atoms with Gasteiger partial charge in [-0.3, -0.25) is 9.59 Å². The molecular formula is C19H27N7O2. The van der Waals surface area contributed by atoms with Crippen LogP contribution in [0, 0.1) is 0 Å². The Morgan fingerprint density at radius 1 is 1.11 bits per heavy atom. The second kappa shape index (κ2) is 9.43. The summed E-state index contributed by atoms with van der Waals surface area (Å²) < 4.78 is 0. The molecular weight excluding hydrogens is 358 g/mol. The molecule has 2 amide bonds. The summed E-state index contributed by atoms with van der Waals surface area (Å²) >= 11 is 0. The second-order valence-corrected chi connectivity index (χ2v) is 6.95. The topological polar surface area (TPSA) is 109 Å². The lowest BCUT2D eigenvalue weighted by molar-refractivity contribution is -0.135. The zero-order valence-electron chi connectivity index (χ0n) is 16.1. The van der Waals surface area contributed by atoms with Crippen LogP contribution in [0.2, 0.25) is 0 Å². The van der Waals surface area contributed by atoms with E-state index < -0.39 is 6.04 Å². The van der Waals surface area contributed by atoms with Gasteiger partial charge in [0.25, 0.3) is 5.91 Å². The van der Waals surface area contributed by atoms with Gasteiger partial charge in [-0.2, -0.15) is 15.0 Å². The standard InChI is InChI=1S/C19H27N7O2/c1-24-11-13-25(14-12-24)19(28)17(3-2-8-20)23-18(27)15-4-6-16(7-5-15)26-21-9-10-22-26/h4-7,9-10,17H,2-3,8,11-14,20H2,1H3,(H,23,27)/t17-/m0/s1. The number of nitrogens with zero attached hydrogens (tertiary/aromatic N) is 5. The lowest BCUT2D eigenvalue weighted by atomic mass is 10.1. The first kappa shape index (κ1) is 20.0. The summed E-state index contributed by atoms with van der Waals surface area (Å²) in [6.07, 6.45) is 4.39. The smallest absolute Gasteiger partial charge is 0.251 e. The maximum absolute atomic E-state index is 12.9. The molecule has 1 aliphatic heterocycles. The first-order valence-electron chi connectivity index (χ1n) is 9.53. The Morgan fingerprint density at radius 2 is 1.75 bits per heavy atom. The number of amides is 2. The molecule has 0 bridgehead atoms. The highest BCUT2D eigenvalue weighted by molar-refractivity contribution is 5.97. The van der Waals surface area contributed by atoms with E-state index in [1.54, 1.807) is 36.7 Å². The van der Waals surface area contributed by atoms with Crippen LogP contribution in [0.25, 0.3) is 5.69 Å². The van der Waals surface area contributed by atoms with Crippen molar-refractivity contribution in [3.63, 3.8) is 0 Å². The van der Waals surface area contributed by atoms with Gasteiger partial charge in [-0.05, 0) is 50.7 Å². The highest BCUT2D eigenvalue weighted by Crippen LogP contribution is 2.10. The van der Waals surface area contributed by atoms with E-state index in [2.05, 4.69) is 20.4 Å². The first-order chi connectivity index (χ1) is 13.6. The summed E-state index contributed by atoms with van der Waals surface area (Å²) in [5.74, 6) is -0.309. The van der Waals surface area contributed by atoms with E-state index in [9.17, 15) is 9.59 Å². The van der Waals surface area contributed by atoms with Crippen molar-refractivity contribution in [1.29, 1.82) is 0 Å². The molecule has 3 rings (SSSR count). The molecule has 1 aromatic heterocycles. The maximum Gasteiger partial charge on any atom is 0.251 e. The molecule has 0 unspecified atom stereocenters. The summed E-state index contributed by atoms with van der Waals surface area (Å²) in [4.78, 5) is 31.1. The minimum atomic E-state index is -0.563. The molecule has 1 fully saturated rings. The van der Waals surface area contributed by atoms with Crippen LogP contribution >= 0.6 is 0 Å². The monoisotopic (exact) mass is 385 g/mol. The third kappa shape index (κ3) is 4.93. The van der Waals surface area contributed by atoms with Gasteiger partial charge in [0.2, 0.25) is 5.91 Å². The van der Waals surface area contributed by atoms with Crippen LogP contribution in [0.4, 0.5) is 0 Å². The van der Waals surface area contributed by atoms with E-state index in [-0.39, 0.29) is 11.8 Å². The van der Waals surface area contributed by atoms with Crippen LogP contribution < -0.4 is 11.1 Å². The van der Waals surface area contributed by atoms with Crippen LogP contribution in [0.15, 0.2) is 36.7 Å². The molecule has 9 heteroatoms. The minimum Gasteiger partial charge on any atom is -0.340 e. The van der Waals surface area contributed by atoms with Crippen molar-refractivity contribution in [3.8, 4) is 5.69 Å². The predicted molar refractivity (Wildman–Crippen MR) is 105 cm³/mol. The SMILES string of the molecule is CN1CCN(C(=O)[C@H](CCCN)NC(=O)c2ccc(-n3nccn3)cc2)CC1. The molecule has 1 aromatic carbocycles. The average Bonchev–Trinajstić information content (AvgIpc) is 3.26. The molecule has 150 valence electrons. The molecule has 2 aromatic rings. The number of nitrogens with two attached hydrogens (primary N) is 1. The number of nitrogens with one attached hydrogen (secondary N) is 1. The lowest BCUT2D eigenvalue weighted by Crippen LogP contribution is -2.54. The number of rotatable bonds is 7.